The zero-order valence-corrected chi connectivity index (χ0v) is 16.3. The van der Waals surface area contributed by atoms with Crippen LogP contribution >= 0.6 is 0 Å². The Bertz CT molecular complexity index is 839. The number of carbonyl (C=O) groups is 2. The number of piperidine rings is 1. The van der Waals surface area contributed by atoms with E-state index in [1.54, 1.807) is 12.1 Å². The Kier molecular flexibility index (Phi) is 5.37. The Hall–Kier alpha value is -2.76. The fourth-order valence-electron chi connectivity index (χ4n) is 3.64. The third kappa shape index (κ3) is 4.38. The Morgan fingerprint density at radius 1 is 1.14 bits per heavy atom. The van der Waals surface area contributed by atoms with Gasteiger partial charge in [-0.05, 0) is 62.1 Å². The number of aryl methyl sites for hydroxylation is 1. The van der Waals surface area contributed by atoms with Crippen molar-refractivity contribution < 1.29 is 14.3 Å². The summed E-state index contributed by atoms with van der Waals surface area (Å²) in [5.74, 6) is 1.14. The van der Waals surface area contributed by atoms with E-state index in [4.69, 9.17) is 4.74 Å². The van der Waals surface area contributed by atoms with Crippen LogP contribution in [0.3, 0.4) is 0 Å². The molecule has 2 aromatic rings. The summed E-state index contributed by atoms with van der Waals surface area (Å²) in [6, 6.07) is 11.4. The van der Waals surface area contributed by atoms with Crippen LogP contribution in [0.2, 0.25) is 0 Å². The number of aromatic nitrogens is 1. The lowest BCUT2D eigenvalue weighted by Gasteiger charge is -2.32. The van der Waals surface area contributed by atoms with E-state index in [-0.39, 0.29) is 11.8 Å². The van der Waals surface area contributed by atoms with Gasteiger partial charge in [-0.15, -0.1) is 0 Å². The summed E-state index contributed by atoms with van der Waals surface area (Å²) >= 11 is 0. The smallest absolute Gasteiger partial charge is 0.270 e. The molecule has 28 heavy (non-hydrogen) atoms. The first-order valence-corrected chi connectivity index (χ1v) is 10.0. The number of hydrogen-bond acceptors (Lipinski definition) is 3. The number of carbonyl (C=O) groups excluding carboxylic acids is 2. The number of amides is 2. The van der Waals surface area contributed by atoms with Gasteiger partial charge in [0.05, 0.1) is 6.61 Å². The summed E-state index contributed by atoms with van der Waals surface area (Å²) < 4.78 is 7.81. The zero-order chi connectivity index (χ0) is 19.5. The molecule has 2 aliphatic rings. The van der Waals surface area contributed by atoms with Crippen molar-refractivity contribution >= 4 is 11.8 Å². The van der Waals surface area contributed by atoms with E-state index in [1.807, 2.05) is 47.0 Å². The summed E-state index contributed by atoms with van der Waals surface area (Å²) in [5.41, 5.74) is 1.39. The van der Waals surface area contributed by atoms with Crippen molar-refractivity contribution in [1.29, 1.82) is 0 Å². The van der Waals surface area contributed by atoms with E-state index in [0.29, 0.717) is 30.7 Å². The molecule has 6 heteroatoms. The number of hydrogen-bond donors (Lipinski definition) is 1. The molecule has 1 aromatic heterocycles. The van der Waals surface area contributed by atoms with Gasteiger partial charge in [0.25, 0.3) is 11.8 Å². The van der Waals surface area contributed by atoms with Crippen molar-refractivity contribution in [2.75, 3.05) is 19.7 Å². The number of benzene rings is 1. The van der Waals surface area contributed by atoms with Gasteiger partial charge in [-0.2, -0.15) is 0 Å². The Morgan fingerprint density at radius 3 is 2.61 bits per heavy atom. The second-order valence-corrected chi connectivity index (χ2v) is 7.85. The Balaban J connectivity index is 1.29. The third-order valence-corrected chi connectivity index (χ3v) is 5.48. The van der Waals surface area contributed by atoms with Crippen LogP contribution in [0.1, 0.15) is 46.5 Å². The molecule has 4 rings (SSSR count). The zero-order valence-electron chi connectivity index (χ0n) is 16.3. The first kappa shape index (κ1) is 18.6. The largest absolute Gasteiger partial charge is 0.493 e. The summed E-state index contributed by atoms with van der Waals surface area (Å²) in [4.78, 5) is 26.7. The van der Waals surface area contributed by atoms with Gasteiger partial charge in [0.2, 0.25) is 0 Å². The van der Waals surface area contributed by atoms with Gasteiger partial charge in [-0.1, -0.05) is 0 Å². The predicted octanol–water partition coefficient (Wildman–Crippen LogP) is 2.85. The van der Waals surface area contributed by atoms with E-state index in [9.17, 15) is 9.59 Å². The Morgan fingerprint density at radius 2 is 1.93 bits per heavy atom. The first-order chi connectivity index (χ1) is 13.6. The fourth-order valence-corrected chi connectivity index (χ4v) is 3.64. The highest BCUT2D eigenvalue weighted by Gasteiger charge is 2.26. The summed E-state index contributed by atoms with van der Waals surface area (Å²) in [6.45, 7) is 2.09. The molecule has 2 amide bonds. The molecule has 2 heterocycles. The molecule has 0 spiro atoms. The highest BCUT2D eigenvalue weighted by Crippen LogP contribution is 2.22. The number of nitrogens with zero attached hydrogens (tertiary/aromatic N) is 2. The molecular formula is C22H27N3O3. The van der Waals surface area contributed by atoms with Crippen LogP contribution in [0.15, 0.2) is 42.6 Å². The maximum absolute atomic E-state index is 12.7. The topological polar surface area (TPSA) is 63.6 Å². The standard InChI is InChI=1S/C22H27N3O3/c1-24-12-3-5-20(24)22(27)25-13-2-4-16(14-25)15-28-19-10-6-17(7-11-19)21(26)23-18-8-9-18/h3,5-7,10-12,16,18H,2,4,8-9,13-15H2,1H3,(H,23,26)/t16-/m0/s1. The van der Waals surface area contributed by atoms with Crippen molar-refractivity contribution in [3.63, 3.8) is 0 Å². The van der Waals surface area contributed by atoms with E-state index in [0.717, 1.165) is 43.7 Å². The van der Waals surface area contributed by atoms with Gasteiger partial charge in [0, 0.05) is 43.9 Å². The van der Waals surface area contributed by atoms with E-state index >= 15 is 0 Å². The molecule has 1 aromatic carbocycles. The SMILES string of the molecule is Cn1cccc1C(=O)N1CCC[C@H](COc2ccc(C(=O)NC3CC3)cc2)C1. The third-order valence-electron chi connectivity index (χ3n) is 5.48. The molecule has 0 unspecified atom stereocenters. The van der Waals surface area contributed by atoms with Gasteiger partial charge >= 0.3 is 0 Å². The first-order valence-electron chi connectivity index (χ1n) is 10.0. The van der Waals surface area contributed by atoms with Gasteiger partial charge < -0.3 is 19.5 Å². The normalized spacial score (nSPS) is 19.3. The summed E-state index contributed by atoms with van der Waals surface area (Å²) in [7, 11) is 1.90. The number of likely N-dealkylation sites (tertiary alicyclic amines) is 1. The molecule has 1 saturated heterocycles. The van der Waals surface area contributed by atoms with Crippen LogP contribution in [0.25, 0.3) is 0 Å². The molecule has 1 N–H and O–H groups in total. The minimum Gasteiger partial charge on any atom is -0.493 e. The van der Waals surface area contributed by atoms with Crippen molar-refractivity contribution in [3.8, 4) is 5.75 Å². The highest BCUT2D eigenvalue weighted by atomic mass is 16.5. The Labute approximate surface area is 165 Å². The van der Waals surface area contributed by atoms with Gasteiger partial charge in [-0.3, -0.25) is 9.59 Å². The minimum absolute atomic E-state index is 0.0174. The van der Waals surface area contributed by atoms with Gasteiger partial charge in [0.1, 0.15) is 11.4 Å². The molecule has 1 aliphatic heterocycles. The lowest BCUT2D eigenvalue weighted by Crippen LogP contribution is -2.42. The van der Waals surface area contributed by atoms with Crippen LogP contribution < -0.4 is 10.1 Å². The lowest BCUT2D eigenvalue weighted by atomic mass is 9.98. The maximum Gasteiger partial charge on any atom is 0.270 e. The van der Waals surface area contributed by atoms with E-state index in [2.05, 4.69) is 5.32 Å². The monoisotopic (exact) mass is 381 g/mol. The molecule has 0 bridgehead atoms. The van der Waals surface area contributed by atoms with Crippen LogP contribution in [0.5, 0.6) is 5.75 Å². The quantitative estimate of drug-likeness (QED) is 0.837. The number of ether oxygens (including phenoxy) is 1. The average molecular weight is 381 g/mol. The van der Waals surface area contributed by atoms with Gasteiger partial charge in [0.15, 0.2) is 0 Å². The van der Waals surface area contributed by atoms with Crippen molar-refractivity contribution in [1.82, 2.24) is 14.8 Å². The van der Waals surface area contributed by atoms with Crippen molar-refractivity contribution in [2.24, 2.45) is 13.0 Å². The molecule has 0 radical (unpaired) electrons. The average Bonchev–Trinajstić information content (AvgIpc) is 3.43. The van der Waals surface area contributed by atoms with Crippen molar-refractivity contribution in [2.45, 2.75) is 31.7 Å². The van der Waals surface area contributed by atoms with Crippen LogP contribution in [0, 0.1) is 5.92 Å². The molecule has 6 nitrogen and oxygen atoms in total. The molecular weight excluding hydrogens is 354 g/mol. The van der Waals surface area contributed by atoms with Crippen LogP contribution in [-0.2, 0) is 7.05 Å². The molecule has 148 valence electrons. The maximum atomic E-state index is 12.7. The highest BCUT2D eigenvalue weighted by molar-refractivity contribution is 5.94. The lowest BCUT2D eigenvalue weighted by molar-refractivity contribution is 0.0624. The number of rotatable bonds is 6. The van der Waals surface area contributed by atoms with E-state index in [1.165, 1.54) is 0 Å². The molecule has 1 saturated carbocycles. The summed E-state index contributed by atoms with van der Waals surface area (Å²) in [6.07, 6.45) is 6.10. The predicted molar refractivity (Wildman–Crippen MR) is 106 cm³/mol. The van der Waals surface area contributed by atoms with Crippen LogP contribution in [-0.4, -0.2) is 47.0 Å². The molecule has 2 fully saturated rings. The molecule has 1 aliphatic carbocycles. The number of nitrogens with one attached hydrogen (secondary N) is 1. The van der Waals surface area contributed by atoms with Crippen molar-refractivity contribution in [3.05, 3.63) is 53.9 Å². The second-order valence-electron chi connectivity index (χ2n) is 7.85. The second kappa shape index (κ2) is 8.09. The summed E-state index contributed by atoms with van der Waals surface area (Å²) in [5, 5.41) is 2.99. The van der Waals surface area contributed by atoms with E-state index < -0.39 is 0 Å². The molecule has 1 atom stereocenters. The van der Waals surface area contributed by atoms with Gasteiger partial charge in [-0.25, -0.2) is 0 Å². The fraction of sp³-hybridized carbons (Fsp3) is 0.455. The van der Waals surface area contributed by atoms with Crippen LogP contribution in [0.4, 0.5) is 0 Å². The minimum atomic E-state index is -0.0174.